The molecule has 2 heterocycles. The van der Waals surface area contributed by atoms with Crippen LogP contribution in [0.3, 0.4) is 0 Å². The van der Waals surface area contributed by atoms with E-state index in [0.29, 0.717) is 16.5 Å². The van der Waals surface area contributed by atoms with Crippen LogP contribution >= 0.6 is 23.1 Å². The molecule has 2 amide bonds. The van der Waals surface area contributed by atoms with Crippen molar-refractivity contribution in [2.24, 2.45) is 12.8 Å². The van der Waals surface area contributed by atoms with Crippen molar-refractivity contribution in [2.45, 2.75) is 39.0 Å². The fraction of sp³-hybridized carbons (Fsp3) is 0.348. The third-order valence-corrected chi connectivity index (χ3v) is 7.21. The summed E-state index contributed by atoms with van der Waals surface area (Å²) in [6, 6.07) is 7.72. The molecule has 0 radical (unpaired) electrons. The number of amides is 2. The third kappa shape index (κ3) is 6.20. The maximum absolute atomic E-state index is 12.7. The van der Waals surface area contributed by atoms with Crippen molar-refractivity contribution in [2.75, 3.05) is 17.7 Å². The van der Waals surface area contributed by atoms with E-state index >= 15 is 0 Å². The van der Waals surface area contributed by atoms with E-state index in [2.05, 4.69) is 15.5 Å². The van der Waals surface area contributed by atoms with Crippen LogP contribution < -0.4 is 15.8 Å². The van der Waals surface area contributed by atoms with Crippen molar-refractivity contribution in [1.82, 2.24) is 14.8 Å². The molecule has 3 rings (SSSR count). The van der Waals surface area contributed by atoms with Crippen LogP contribution in [0.25, 0.3) is 0 Å². The SMILES string of the molecule is CCOC(=O)c1c(NC(=O)CSc2nnc(C(C)Oc3cccc(C)c3)n2C)sc(C(N)=O)c1C. The Morgan fingerprint density at radius 1 is 1.26 bits per heavy atom. The van der Waals surface area contributed by atoms with E-state index in [1.54, 1.807) is 25.5 Å². The largest absolute Gasteiger partial charge is 0.483 e. The molecule has 2 aromatic heterocycles. The third-order valence-electron chi connectivity index (χ3n) is 4.97. The van der Waals surface area contributed by atoms with Crippen molar-refractivity contribution in [3.05, 3.63) is 51.7 Å². The average Bonchev–Trinajstić information content (AvgIpc) is 3.32. The maximum atomic E-state index is 12.7. The van der Waals surface area contributed by atoms with Crippen LogP contribution in [-0.2, 0) is 16.6 Å². The van der Waals surface area contributed by atoms with Crippen molar-refractivity contribution in [1.29, 1.82) is 0 Å². The van der Waals surface area contributed by atoms with E-state index in [1.807, 2.05) is 38.1 Å². The first-order chi connectivity index (χ1) is 16.6. The molecule has 0 bridgehead atoms. The number of nitrogens with two attached hydrogens (primary N) is 1. The number of primary amides is 1. The van der Waals surface area contributed by atoms with E-state index in [1.165, 1.54) is 11.8 Å². The second-order valence-corrected chi connectivity index (χ2v) is 9.62. The predicted molar refractivity (Wildman–Crippen MR) is 134 cm³/mol. The van der Waals surface area contributed by atoms with Crippen molar-refractivity contribution >= 4 is 45.9 Å². The molecule has 0 saturated carbocycles. The summed E-state index contributed by atoms with van der Waals surface area (Å²) < 4.78 is 12.8. The summed E-state index contributed by atoms with van der Waals surface area (Å²) in [7, 11) is 1.80. The predicted octanol–water partition coefficient (Wildman–Crippen LogP) is 3.64. The van der Waals surface area contributed by atoms with Crippen LogP contribution in [0.4, 0.5) is 5.00 Å². The normalized spacial score (nSPS) is 11.7. The lowest BCUT2D eigenvalue weighted by atomic mass is 10.1. The average molecular weight is 518 g/mol. The zero-order chi connectivity index (χ0) is 25.7. The number of nitrogens with one attached hydrogen (secondary N) is 1. The summed E-state index contributed by atoms with van der Waals surface area (Å²) in [4.78, 5) is 37.0. The fourth-order valence-electron chi connectivity index (χ4n) is 3.33. The molecule has 12 heteroatoms. The van der Waals surface area contributed by atoms with Gasteiger partial charge in [-0.2, -0.15) is 0 Å². The molecule has 35 heavy (non-hydrogen) atoms. The smallest absolute Gasteiger partial charge is 0.341 e. The summed E-state index contributed by atoms with van der Waals surface area (Å²) >= 11 is 2.13. The minimum absolute atomic E-state index is 0.00418. The standard InChI is InChI=1S/C23H27N5O5S2/c1-6-32-22(31)17-13(3)18(19(24)30)35-21(17)25-16(29)11-34-23-27-26-20(28(23)5)14(4)33-15-9-7-8-12(2)10-15/h7-10,14H,6,11H2,1-5H3,(H2,24,30)(H,25,29). The Hall–Kier alpha value is -3.38. The Bertz CT molecular complexity index is 1250. The van der Waals surface area contributed by atoms with Gasteiger partial charge in [0, 0.05) is 7.05 Å². The number of thioether (sulfide) groups is 1. The highest BCUT2D eigenvalue weighted by atomic mass is 32.2. The monoisotopic (exact) mass is 517 g/mol. The van der Waals surface area contributed by atoms with Crippen LogP contribution in [0.5, 0.6) is 5.75 Å². The molecule has 1 unspecified atom stereocenters. The number of hydrogen-bond acceptors (Lipinski definition) is 9. The first kappa shape index (κ1) is 26.2. The minimum Gasteiger partial charge on any atom is -0.483 e. The molecule has 0 aliphatic heterocycles. The highest BCUT2D eigenvalue weighted by molar-refractivity contribution is 7.99. The second kappa shape index (κ2) is 11.4. The molecular weight excluding hydrogens is 490 g/mol. The maximum Gasteiger partial charge on any atom is 0.341 e. The van der Waals surface area contributed by atoms with Crippen LogP contribution in [0.1, 0.15) is 56.9 Å². The summed E-state index contributed by atoms with van der Waals surface area (Å²) in [5.74, 6) is -0.346. The molecule has 1 aromatic carbocycles. The number of hydrogen-bond donors (Lipinski definition) is 2. The van der Waals surface area contributed by atoms with E-state index in [0.717, 1.165) is 22.6 Å². The van der Waals surface area contributed by atoms with Gasteiger partial charge in [0.25, 0.3) is 5.91 Å². The number of aryl methyl sites for hydroxylation is 1. The number of aromatic nitrogens is 3. The number of benzene rings is 1. The topological polar surface area (TPSA) is 138 Å². The zero-order valence-electron chi connectivity index (χ0n) is 20.1. The van der Waals surface area contributed by atoms with Gasteiger partial charge in [-0.05, 0) is 51.0 Å². The highest BCUT2D eigenvalue weighted by Gasteiger charge is 2.26. The zero-order valence-corrected chi connectivity index (χ0v) is 21.7. The molecule has 10 nitrogen and oxygen atoms in total. The summed E-state index contributed by atoms with van der Waals surface area (Å²) in [5, 5.41) is 11.8. The Kier molecular flexibility index (Phi) is 8.52. The number of rotatable bonds is 10. The molecule has 3 aromatic rings. The van der Waals surface area contributed by atoms with Gasteiger partial charge in [0.15, 0.2) is 17.1 Å². The molecular formula is C23H27N5O5S2. The molecule has 3 N–H and O–H groups in total. The van der Waals surface area contributed by atoms with Crippen molar-refractivity contribution < 1.29 is 23.9 Å². The number of carbonyl (C=O) groups excluding carboxylic acids is 3. The summed E-state index contributed by atoms with van der Waals surface area (Å²) in [6.45, 7) is 7.28. The number of nitrogens with zero attached hydrogens (tertiary/aromatic N) is 3. The summed E-state index contributed by atoms with van der Waals surface area (Å²) in [5.41, 5.74) is 7.01. The van der Waals surface area contributed by atoms with Gasteiger partial charge in [-0.15, -0.1) is 21.5 Å². The molecule has 186 valence electrons. The molecule has 0 aliphatic carbocycles. The lowest BCUT2D eigenvalue weighted by molar-refractivity contribution is -0.113. The number of thiophene rings is 1. The second-order valence-electron chi connectivity index (χ2n) is 7.66. The molecule has 1 atom stereocenters. The summed E-state index contributed by atoms with van der Waals surface area (Å²) in [6.07, 6.45) is -0.356. The van der Waals surface area contributed by atoms with Crippen LogP contribution in [0.2, 0.25) is 0 Å². The number of esters is 1. The Morgan fingerprint density at radius 3 is 2.66 bits per heavy atom. The highest BCUT2D eigenvalue weighted by Crippen LogP contribution is 2.34. The molecule has 0 spiro atoms. The van der Waals surface area contributed by atoms with Gasteiger partial charge in [0.2, 0.25) is 5.91 Å². The number of anilines is 1. The number of ether oxygens (including phenoxy) is 2. The minimum atomic E-state index is -0.679. The Labute approximate surface area is 211 Å². The van der Waals surface area contributed by atoms with E-state index in [4.69, 9.17) is 15.2 Å². The van der Waals surface area contributed by atoms with Crippen LogP contribution in [0.15, 0.2) is 29.4 Å². The van der Waals surface area contributed by atoms with E-state index < -0.39 is 11.9 Å². The molecule has 0 aliphatic rings. The van der Waals surface area contributed by atoms with E-state index in [9.17, 15) is 14.4 Å². The van der Waals surface area contributed by atoms with Crippen LogP contribution in [-0.4, -0.2) is 44.9 Å². The van der Waals surface area contributed by atoms with Crippen molar-refractivity contribution in [3.63, 3.8) is 0 Å². The Morgan fingerprint density at radius 2 is 2.00 bits per heavy atom. The Balaban J connectivity index is 1.68. The molecule has 0 saturated heterocycles. The first-order valence-corrected chi connectivity index (χ1v) is 12.6. The fourth-order valence-corrected chi connectivity index (χ4v) is 5.11. The van der Waals surface area contributed by atoms with Gasteiger partial charge in [-0.3, -0.25) is 9.59 Å². The van der Waals surface area contributed by atoms with Gasteiger partial charge in [-0.1, -0.05) is 23.9 Å². The quantitative estimate of drug-likeness (QED) is 0.307. The van der Waals surface area contributed by atoms with Gasteiger partial charge < -0.3 is 25.1 Å². The van der Waals surface area contributed by atoms with Crippen molar-refractivity contribution in [3.8, 4) is 5.75 Å². The lowest BCUT2D eigenvalue weighted by Crippen LogP contribution is -2.17. The first-order valence-electron chi connectivity index (χ1n) is 10.8. The van der Waals surface area contributed by atoms with Crippen LogP contribution in [0, 0.1) is 13.8 Å². The number of carbonyl (C=O) groups is 3. The van der Waals surface area contributed by atoms with Gasteiger partial charge in [-0.25, -0.2) is 4.79 Å². The van der Waals surface area contributed by atoms with E-state index in [-0.39, 0.29) is 39.8 Å². The lowest BCUT2D eigenvalue weighted by Gasteiger charge is -2.14. The van der Waals surface area contributed by atoms with Gasteiger partial charge in [0.05, 0.1) is 22.8 Å². The van der Waals surface area contributed by atoms with Gasteiger partial charge >= 0.3 is 5.97 Å². The van der Waals surface area contributed by atoms with Gasteiger partial charge in [0.1, 0.15) is 10.8 Å². The molecule has 0 fully saturated rings.